The molecule has 7 heteroatoms. The minimum Gasteiger partial charge on any atom is -0.486 e. The van der Waals surface area contributed by atoms with Gasteiger partial charge < -0.3 is 19.1 Å². The fourth-order valence-corrected chi connectivity index (χ4v) is 2.23. The van der Waals surface area contributed by atoms with E-state index in [0.717, 1.165) is 0 Å². The summed E-state index contributed by atoms with van der Waals surface area (Å²) in [6.07, 6.45) is 0. The number of esters is 1. The van der Waals surface area contributed by atoms with Crippen LogP contribution in [0.15, 0.2) is 12.1 Å². The monoisotopic (exact) mass is 313 g/mol. The Kier molecular flexibility index (Phi) is 4.90. The van der Waals surface area contributed by atoms with Gasteiger partial charge in [-0.15, -0.1) is 0 Å². The molecule has 21 heavy (non-hydrogen) atoms. The fraction of sp³-hybridized carbons (Fsp3) is 0.429. The second-order valence-electron chi connectivity index (χ2n) is 4.38. The van der Waals surface area contributed by atoms with E-state index in [2.05, 4.69) is 4.74 Å². The molecule has 1 amide bonds. The molecule has 2 rings (SSSR count). The molecule has 1 aromatic rings. The molecule has 114 valence electrons. The van der Waals surface area contributed by atoms with E-state index >= 15 is 0 Å². The van der Waals surface area contributed by atoms with Crippen LogP contribution < -0.4 is 9.47 Å². The number of amides is 1. The molecule has 0 saturated heterocycles. The lowest BCUT2D eigenvalue weighted by atomic mass is 10.1. The minimum atomic E-state index is -0.478. The number of nitrogens with zero attached hydrogens (tertiary/aromatic N) is 1. The van der Waals surface area contributed by atoms with Gasteiger partial charge in [0.15, 0.2) is 11.5 Å². The Bertz CT molecular complexity index is 561. The number of hydrogen-bond donors (Lipinski definition) is 0. The number of hydrogen-bond acceptors (Lipinski definition) is 5. The smallest absolute Gasteiger partial charge is 0.325 e. The molecular formula is C14H16ClNO5. The van der Waals surface area contributed by atoms with Gasteiger partial charge in [0.1, 0.15) is 19.8 Å². The van der Waals surface area contributed by atoms with Crippen molar-refractivity contribution in [3.8, 4) is 11.5 Å². The highest BCUT2D eigenvalue weighted by atomic mass is 35.5. The summed E-state index contributed by atoms with van der Waals surface area (Å²) >= 11 is 6.10. The first-order valence-corrected chi connectivity index (χ1v) is 6.89. The highest BCUT2D eigenvalue weighted by molar-refractivity contribution is 6.32. The second-order valence-corrected chi connectivity index (χ2v) is 4.78. The van der Waals surface area contributed by atoms with Crippen molar-refractivity contribution >= 4 is 23.5 Å². The molecule has 0 unspecified atom stereocenters. The zero-order valence-corrected chi connectivity index (χ0v) is 12.6. The van der Waals surface area contributed by atoms with Crippen molar-refractivity contribution in [2.24, 2.45) is 0 Å². The molecular weight excluding hydrogens is 298 g/mol. The van der Waals surface area contributed by atoms with E-state index in [-0.39, 0.29) is 12.5 Å². The molecule has 0 fully saturated rings. The van der Waals surface area contributed by atoms with E-state index in [9.17, 15) is 9.59 Å². The Morgan fingerprint density at radius 2 is 2.05 bits per heavy atom. The number of ether oxygens (including phenoxy) is 3. The summed E-state index contributed by atoms with van der Waals surface area (Å²) in [4.78, 5) is 25.1. The van der Waals surface area contributed by atoms with Crippen LogP contribution >= 0.6 is 11.6 Å². The predicted octanol–water partition coefficient (Wildman–Crippen LogP) is 1.75. The summed E-state index contributed by atoms with van der Waals surface area (Å²) < 4.78 is 15.4. The molecule has 0 aromatic heterocycles. The van der Waals surface area contributed by atoms with Gasteiger partial charge in [-0.3, -0.25) is 9.59 Å². The number of carbonyl (C=O) groups is 2. The topological polar surface area (TPSA) is 65.1 Å². The minimum absolute atomic E-state index is 0.113. The number of halogens is 1. The van der Waals surface area contributed by atoms with E-state index in [1.54, 1.807) is 13.0 Å². The molecule has 1 aromatic carbocycles. The van der Waals surface area contributed by atoms with E-state index in [0.29, 0.717) is 41.8 Å². The summed E-state index contributed by atoms with van der Waals surface area (Å²) in [7, 11) is 1.28. The average Bonchev–Trinajstić information content (AvgIpc) is 2.51. The van der Waals surface area contributed by atoms with Crippen LogP contribution in [0.2, 0.25) is 5.02 Å². The van der Waals surface area contributed by atoms with Crippen LogP contribution in [0, 0.1) is 0 Å². The van der Waals surface area contributed by atoms with Crippen LogP contribution in [0.5, 0.6) is 11.5 Å². The lowest BCUT2D eigenvalue weighted by Gasteiger charge is -2.23. The second kappa shape index (κ2) is 6.67. The molecule has 0 aliphatic carbocycles. The Morgan fingerprint density at radius 3 is 2.71 bits per heavy atom. The van der Waals surface area contributed by atoms with Crippen molar-refractivity contribution in [2.75, 3.05) is 33.4 Å². The van der Waals surface area contributed by atoms with E-state index in [1.165, 1.54) is 18.1 Å². The highest BCUT2D eigenvalue weighted by Crippen LogP contribution is 2.38. The van der Waals surface area contributed by atoms with Gasteiger partial charge in [0.2, 0.25) is 0 Å². The summed E-state index contributed by atoms with van der Waals surface area (Å²) in [5.74, 6) is 0.0808. The summed E-state index contributed by atoms with van der Waals surface area (Å²) in [6.45, 7) is 2.86. The number of rotatable bonds is 4. The third kappa shape index (κ3) is 3.39. The standard InChI is InChI=1S/C14H16ClNO5/c1-3-16(8-12(17)19-2)14(18)9-6-10(15)13-11(7-9)20-4-5-21-13/h6-7H,3-5,8H2,1-2H3. The fourth-order valence-electron chi connectivity index (χ4n) is 1.96. The largest absolute Gasteiger partial charge is 0.486 e. The van der Waals surface area contributed by atoms with Crippen molar-refractivity contribution in [1.82, 2.24) is 4.90 Å². The average molecular weight is 314 g/mol. The highest BCUT2D eigenvalue weighted by Gasteiger charge is 2.23. The van der Waals surface area contributed by atoms with Gasteiger partial charge in [-0.25, -0.2) is 0 Å². The molecule has 0 spiro atoms. The van der Waals surface area contributed by atoms with E-state index < -0.39 is 5.97 Å². The van der Waals surface area contributed by atoms with E-state index in [4.69, 9.17) is 21.1 Å². The van der Waals surface area contributed by atoms with Crippen LogP contribution in [0.4, 0.5) is 0 Å². The molecule has 1 aliphatic rings. The number of fused-ring (bicyclic) bond motifs is 1. The quantitative estimate of drug-likeness (QED) is 0.792. The van der Waals surface area contributed by atoms with Gasteiger partial charge >= 0.3 is 5.97 Å². The SMILES string of the molecule is CCN(CC(=O)OC)C(=O)c1cc(Cl)c2c(c1)OCCO2. The summed E-state index contributed by atoms with van der Waals surface area (Å²) in [5.41, 5.74) is 0.343. The van der Waals surface area contributed by atoms with Crippen LogP contribution in [0.25, 0.3) is 0 Å². The molecule has 0 N–H and O–H groups in total. The molecule has 0 radical (unpaired) electrons. The van der Waals surface area contributed by atoms with Crippen molar-refractivity contribution in [3.63, 3.8) is 0 Å². The zero-order chi connectivity index (χ0) is 15.4. The molecule has 1 aliphatic heterocycles. The number of likely N-dealkylation sites (N-methyl/N-ethyl adjacent to an activating group) is 1. The van der Waals surface area contributed by atoms with Crippen LogP contribution in [-0.4, -0.2) is 50.2 Å². The van der Waals surface area contributed by atoms with Crippen LogP contribution in [-0.2, 0) is 9.53 Å². The Morgan fingerprint density at radius 1 is 1.33 bits per heavy atom. The van der Waals surface area contributed by atoms with Crippen LogP contribution in [0.3, 0.4) is 0 Å². The third-order valence-corrected chi connectivity index (χ3v) is 3.34. The maximum atomic E-state index is 12.4. The number of benzene rings is 1. The molecule has 6 nitrogen and oxygen atoms in total. The lowest BCUT2D eigenvalue weighted by Crippen LogP contribution is -2.36. The van der Waals surface area contributed by atoms with Crippen LogP contribution in [0.1, 0.15) is 17.3 Å². The first-order chi connectivity index (χ1) is 10.1. The van der Waals surface area contributed by atoms with Crippen molar-refractivity contribution < 1.29 is 23.8 Å². The Labute approximate surface area is 127 Å². The van der Waals surface area contributed by atoms with Crippen molar-refractivity contribution in [2.45, 2.75) is 6.92 Å². The van der Waals surface area contributed by atoms with Gasteiger partial charge in [-0.1, -0.05) is 11.6 Å². The first-order valence-electron chi connectivity index (χ1n) is 6.52. The Balaban J connectivity index is 2.26. The Hall–Kier alpha value is -1.95. The maximum Gasteiger partial charge on any atom is 0.325 e. The number of methoxy groups -OCH3 is 1. The molecule has 0 bridgehead atoms. The van der Waals surface area contributed by atoms with Gasteiger partial charge in [0.25, 0.3) is 5.91 Å². The van der Waals surface area contributed by atoms with Gasteiger partial charge in [-0.2, -0.15) is 0 Å². The van der Waals surface area contributed by atoms with Crippen molar-refractivity contribution in [1.29, 1.82) is 0 Å². The summed E-state index contributed by atoms with van der Waals surface area (Å²) in [6, 6.07) is 3.08. The molecule has 0 atom stereocenters. The predicted molar refractivity (Wildman–Crippen MR) is 76.0 cm³/mol. The normalized spacial score (nSPS) is 12.7. The van der Waals surface area contributed by atoms with Crippen molar-refractivity contribution in [3.05, 3.63) is 22.7 Å². The summed E-state index contributed by atoms with van der Waals surface area (Å²) in [5, 5.41) is 0.310. The van der Waals surface area contributed by atoms with Gasteiger partial charge in [0.05, 0.1) is 12.1 Å². The van der Waals surface area contributed by atoms with Gasteiger partial charge in [-0.05, 0) is 19.1 Å². The van der Waals surface area contributed by atoms with Gasteiger partial charge in [0, 0.05) is 12.1 Å². The number of carbonyl (C=O) groups excluding carboxylic acids is 2. The first kappa shape index (κ1) is 15.4. The lowest BCUT2D eigenvalue weighted by molar-refractivity contribution is -0.141. The zero-order valence-electron chi connectivity index (χ0n) is 11.8. The molecule has 0 saturated carbocycles. The third-order valence-electron chi connectivity index (χ3n) is 3.06. The van der Waals surface area contributed by atoms with E-state index in [1.807, 2.05) is 0 Å². The maximum absolute atomic E-state index is 12.4. The molecule has 1 heterocycles.